The van der Waals surface area contributed by atoms with Gasteiger partial charge in [-0.15, -0.1) is 5.10 Å². The Morgan fingerprint density at radius 1 is 1.30 bits per heavy atom. The van der Waals surface area contributed by atoms with Gasteiger partial charge in [-0.1, -0.05) is 35.4 Å². The van der Waals surface area contributed by atoms with Gasteiger partial charge >= 0.3 is 0 Å². The zero-order valence-corrected chi connectivity index (χ0v) is 12.1. The van der Waals surface area contributed by atoms with E-state index in [9.17, 15) is 0 Å². The van der Waals surface area contributed by atoms with E-state index >= 15 is 0 Å². The average molecular weight is 315 g/mol. The summed E-state index contributed by atoms with van der Waals surface area (Å²) in [5.74, 6) is 1.72. The van der Waals surface area contributed by atoms with Gasteiger partial charge in [-0.3, -0.25) is 10.1 Å². The molecular weight excluding hydrogens is 302 g/mol. The molecule has 0 aliphatic heterocycles. The summed E-state index contributed by atoms with van der Waals surface area (Å²) in [4.78, 5) is 8.31. The van der Waals surface area contributed by atoms with Gasteiger partial charge in [0.15, 0.2) is 7.05 Å². The first-order chi connectivity index (χ1) is 11.1. The minimum atomic E-state index is -0.500. The number of rotatable bonds is 4. The van der Waals surface area contributed by atoms with E-state index in [0.717, 1.165) is 18.4 Å². The number of H-pyrrole nitrogens is 1. The van der Waals surface area contributed by atoms with Crippen LogP contribution < -0.4 is 5.43 Å². The number of anilines is 1. The second kappa shape index (κ2) is 8.02. The van der Waals surface area contributed by atoms with Crippen LogP contribution in [0.5, 0.6) is 0 Å². The van der Waals surface area contributed by atoms with Crippen molar-refractivity contribution in [1.29, 1.82) is 0 Å². The van der Waals surface area contributed by atoms with Crippen LogP contribution in [-0.2, 0) is 0 Å². The summed E-state index contributed by atoms with van der Waals surface area (Å²) in [6.45, 7) is 0. The van der Waals surface area contributed by atoms with Crippen molar-refractivity contribution in [2.75, 3.05) is 12.5 Å². The van der Waals surface area contributed by atoms with Gasteiger partial charge in [0.05, 0.1) is 6.21 Å². The van der Waals surface area contributed by atoms with E-state index in [1.165, 1.54) is 0 Å². The maximum absolute atomic E-state index is 8.81. The number of aromatic amines is 1. The van der Waals surface area contributed by atoms with E-state index in [2.05, 4.69) is 31.2 Å². The van der Waals surface area contributed by atoms with Crippen molar-refractivity contribution in [3.63, 3.8) is 0 Å². The molecule has 3 rings (SSSR count). The molecule has 0 spiro atoms. The predicted molar refractivity (Wildman–Crippen MR) is 82.5 cm³/mol. The highest BCUT2D eigenvalue weighted by atomic mass is 16.6. The monoisotopic (exact) mass is 315 g/mol. The van der Waals surface area contributed by atoms with Gasteiger partial charge in [-0.2, -0.15) is 10.3 Å². The highest BCUT2D eigenvalue weighted by molar-refractivity contribution is 5.77. The molecule has 2 aromatic heterocycles. The second-order valence-electron chi connectivity index (χ2n) is 4.11. The minimum Gasteiger partial charge on any atom is -0.455 e. The number of benzene rings is 1. The van der Waals surface area contributed by atoms with Crippen LogP contribution in [0, 0.1) is 10.1 Å². The third-order valence-electron chi connectivity index (χ3n) is 2.39. The summed E-state index contributed by atoms with van der Waals surface area (Å²) in [6.07, 6.45) is 1.54. The summed E-state index contributed by atoms with van der Waals surface area (Å²) in [5, 5.41) is 25.8. The maximum atomic E-state index is 8.81. The van der Waals surface area contributed by atoms with Gasteiger partial charge in [-0.05, 0) is 17.3 Å². The van der Waals surface area contributed by atoms with E-state index < -0.39 is 4.92 Å². The lowest BCUT2D eigenvalue weighted by molar-refractivity contribution is -0.445. The molecule has 2 N–H and O–H groups in total. The number of tetrazole rings is 1. The molecule has 0 aliphatic carbocycles. The SMILES string of the molecule is C(=N\Nc1nn[nH]n1)/c1ccc(-c2ccccc2)o1.C[N+](=O)[O-]. The van der Waals surface area contributed by atoms with Gasteiger partial charge in [0.1, 0.15) is 11.5 Å². The van der Waals surface area contributed by atoms with E-state index in [1.807, 2.05) is 42.5 Å². The lowest BCUT2D eigenvalue weighted by atomic mass is 10.2. The molecule has 0 saturated heterocycles. The lowest BCUT2D eigenvalue weighted by Crippen LogP contribution is -1.91. The molecule has 23 heavy (non-hydrogen) atoms. The molecule has 1 aromatic carbocycles. The summed E-state index contributed by atoms with van der Waals surface area (Å²) in [7, 11) is 0.889. The molecule has 0 saturated carbocycles. The Morgan fingerprint density at radius 2 is 2.04 bits per heavy atom. The first-order valence-corrected chi connectivity index (χ1v) is 6.41. The first kappa shape index (κ1) is 15.8. The molecule has 10 nitrogen and oxygen atoms in total. The van der Waals surface area contributed by atoms with E-state index in [0.29, 0.717) is 11.7 Å². The molecule has 0 amide bonds. The Bertz CT molecular complexity index is 749. The average Bonchev–Trinajstić information content (AvgIpc) is 3.19. The van der Waals surface area contributed by atoms with Crippen molar-refractivity contribution in [2.45, 2.75) is 0 Å². The van der Waals surface area contributed by atoms with E-state index in [-0.39, 0.29) is 0 Å². The maximum Gasteiger partial charge on any atom is 0.283 e. The summed E-state index contributed by atoms with van der Waals surface area (Å²) in [6, 6.07) is 13.6. The molecule has 0 aliphatic rings. The Hall–Kier alpha value is -3.56. The molecular formula is C13H13N7O3. The highest BCUT2D eigenvalue weighted by Gasteiger charge is 2.02. The molecule has 0 fully saturated rings. The largest absolute Gasteiger partial charge is 0.455 e. The van der Waals surface area contributed by atoms with Crippen molar-refractivity contribution in [3.05, 3.63) is 58.3 Å². The normalized spacial score (nSPS) is 10.1. The smallest absolute Gasteiger partial charge is 0.283 e. The Labute approximate surface area is 130 Å². The van der Waals surface area contributed by atoms with Crippen LogP contribution in [0.2, 0.25) is 0 Å². The number of nitrogens with zero attached hydrogens (tertiary/aromatic N) is 5. The Balaban J connectivity index is 0.000000433. The summed E-state index contributed by atoms with van der Waals surface area (Å²) >= 11 is 0. The van der Waals surface area contributed by atoms with Crippen LogP contribution in [0.4, 0.5) is 5.95 Å². The van der Waals surface area contributed by atoms with E-state index in [1.54, 1.807) is 6.21 Å². The topological polar surface area (TPSA) is 135 Å². The van der Waals surface area contributed by atoms with Crippen molar-refractivity contribution < 1.29 is 9.34 Å². The van der Waals surface area contributed by atoms with Crippen LogP contribution in [0.3, 0.4) is 0 Å². The van der Waals surface area contributed by atoms with Gasteiger partial charge in [0.2, 0.25) is 0 Å². The molecule has 3 aromatic rings. The number of aromatic nitrogens is 4. The second-order valence-corrected chi connectivity index (χ2v) is 4.11. The van der Waals surface area contributed by atoms with Gasteiger partial charge < -0.3 is 4.42 Å². The molecule has 10 heteroatoms. The van der Waals surface area contributed by atoms with Crippen molar-refractivity contribution in [3.8, 4) is 11.3 Å². The number of nitro groups is 1. The van der Waals surface area contributed by atoms with Crippen molar-refractivity contribution in [1.82, 2.24) is 20.6 Å². The standard InChI is InChI=1S/C12H10N6O.CH3NO2/c1-2-4-9(5-3-1)11-7-6-10(19-11)8-13-14-12-15-17-18-16-12;1-2(3)4/h1-8H,(H2,14,15,16,17,18);1H3/b13-8+;. The van der Waals surface area contributed by atoms with Crippen molar-refractivity contribution >= 4 is 12.2 Å². The van der Waals surface area contributed by atoms with E-state index in [4.69, 9.17) is 14.5 Å². The van der Waals surface area contributed by atoms with Gasteiger partial charge in [0, 0.05) is 10.5 Å². The fraction of sp³-hybridized carbons (Fsp3) is 0.0769. The molecule has 118 valence electrons. The number of furan rings is 1. The minimum absolute atomic E-state index is 0.297. The van der Waals surface area contributed by atoms with Gasteiger partial charge in [0.25, 0.3) is 5.95 Å². The van der Waals surface area contributed by atoms with Gasteiger partial charge in [-0.25, -0.2) is 5.43 Å². The van der Waals surface area contributed by atoms with Crippen LogP contribution >= 0.6 is 0 Å². The number of hydrogen-bond donors (Lipinski definition) is 2. The third-order valence-corrected chi connectivity index (χ3v) is 2.39. The number of nitrogens with one attached hydrogen (secondary N) is 2. The van der Waals surface area contributed by atoms with Crippen LogP contribution in [0.25, 0.3) is 11.3 Å². The quantitative estimate of drug-likeness (QED) is 0.425. The fourth-order valence-corrected chi connectivity index (χ4v) is 1.54. The molecule has 0 unspecified atom stereocenters. The molecule has 0 radical (unpaired) electrons. The number of hydrazone groups is 1. The summed E-state index contributed by atoms with van der Waals surface area (Å²) in [5.41, 5.74) is 3.64. The Morgan fingerprint density at radius 3 is 2.70 bits per heavy atom. The van der Waals surface area contributed by atoms with Crippen molar-refractivity contribution in [2.24, 2.45) is 5.10 Å². The predicted octanol–water partition coefficient (Wildman–Crippen LogP) is 1.80. The Kier molecular flexibility index (Phi) is 5.52. The molecule has 0 bridgehead atoms. The third kappa shape index (κ3) is 5.38. The molecule has 2 heterocycles. The van der Waals surface area contributed by atoms with Crippen LogP contribution in [0.1, 0.15) is 5.76 Å². The summed E-state index contributed by atoms with van der Waals surface area (Å²) < 4.78 is 5.64. The van der Waals surface area contributed by atoms with Crippen LogP contribution in [-0.4, -0.2) is 38.8 Å². The fourth-order valence-electron chi connectivity index (χ4n) is 1.54. The molecule has 0 atom stereocenters. The van der Waals surface area contributed by atoms with Crippen LogP contribution in [0.15, 0.2) is 52.0 Å². The first-order valence-electron chi connectivity index (χ1n) is 6.41. The lowest BCUT2D eigenvalue weighted by Gasteiger charge is -1.94. The number of hydrogen-bond acceptors (Lipinski definition) is 8. The zero-order chi connectivity index (χ0) is 16.5. The highest BCUT2D eigenvalue weighted by Crippen LogP contribution is 2.20. The zero-order valence-electron chi connectivity index (χ0n) is 12.1.